The summed E-state index contributed by atoms with van der Waals surface area (Å²) in [6, 6.07) is 0. The van der Waals surface area contributed by atoms with Gasteiger partial charge in [-0.1, -0.05) is 28.8 Å². The molecule has 0 spiro atoms. The molecule has 102 valence electrons. The monoisotopic (exact) mass is 327 g/mol. The van der Waals surface area contributed by atoms with E-state index < -0.39 is 10.0 Å². The maximum atomic E-state index is 11.9. The van der Waals surface area contributed by atoms with E-state index in [0.29, 0.717) is 5.33 Å². The summed E-state index contributed by atoms with van der Waals surface area (Å²) in [6.45, 7) is 4.05. The van der Waals surface area contributed by atoms with Crippen molar-refractivity contribution in [2.45, 2.75) is 51.2 Å². The molecule has 0 aromatic carbocycles. The minimum atomic E-state index is -3.24. The van der Waals surface area contributed by atoms with Crippen molar-refractivity contribution < 1.29 is 13.2 Å². The molecule has 6 heteroatoms. The standard InChI is InChI=1S/C11H22BrNO3S/c1-10(2)16-7-8-17(14,15)13-11(9-12)5-3-4-6-11/h10,13H,3-9H2,1-2H3. The van der Waals surface area contributed by atoms with Gasteiger partial charge in [0, 0.05) is 10.9 Å². The number of hydrogen-bond donors (Lipinski definition) is 1. The predicted molar refractivity (Wildman–Crippen MR) is 73.0 cm³/mol. The van der Waals surface area contributed by atoms with Crippen LogP contribution in [0.25, 0.3) is 0 Å². The molecule has 1 aliphatic rings. The van der Waals surface area contributed by atoms with E-state index in [9.17, 15) is 8.42 Å². The molecular weight excluding hydrogens is 306 g/mol. The van der Waals surface area contributed by atoms with Gasteiger partial charge in [-0.05, 0) is 26.7 Å². The van der Waals surface area contributed by atoms with E-state index in [1.54, 1.807) is 0 Å². The summed E-state index contributed by atoms with van der Waals surface area (Å²) in [5.74, 6) is 0.0416. The molecule has 1 aliphatic carbocycles. The van der Waals surface area contributed by atoms with Crippen LogP contribution in [0.2, 0.25) is 0 Å². The van der Waals surface area contributed by atoms with Crippen LogP contribution in [0, 0.1) is 0 Å². The lowest BCUT2D eigenvalue weighted by Gasteiger charge is -2.27. The molecule has 1 N–H and O–H groups in total. The van der Waals surface area contributed by atoms with Crippen LogP contribution in [0.1, 0.15) is 39.5 Å². The third-order valence-corrected chi connectivity index (χ3v) is 5.51. The van der Waals surface area contributed by atoms with Gasteiger partial charge in [-0.25, -0.2) is 13.1 Å². The van der Waals surface area contributed by atoms with Gasteiger partial charge < -0.3 is 4.74 Å². The molecule has 0 radical (unpaired) electrons. The Bertz CT molecular complexity index is 324. The first kappa shape index (κ1) is 15.4. The third kappa shape index (κ3) is 5.24. The van der Waals surface area contributed by atoms with Crippen LogP contribution in [-0.4, -0.2) is 37.8 Å². The van der Waals surface area contributed by atoms with Crippen LogP contribution in [0.3, 0.4) is 0 Å². The molecule has 17 heavy (non-hydrogen) atoms. The van der Waals surface area contributed by atoms with E-state index in [-0.39, 0.29) is 24.0 Å². The second-order valence-electron chi connectivity index (χ2n) is 4.96. The number of ether oxygens (including phenoxy) is 1. The molecule has 1 saturated carbocycles. The lowest BCUT2D eigenvalue weighted by molar-refractivity contribution is 0.0910. The van der Waals surface area contributed by atoms with Crippen molar-refractivity contribution in [1.82, 2.24) is 4.72 Å². The first-order valence-corrected chi connectivity index (χ1v) is 8.86. The highest BCUT2D eigenvalue weighted by Crippen LogP contribution is 2.31. The Hall–Kier alpha value is 0.350. The zero-order chi connectivity index (χ0) is 12.9. The Morgan fingerprint density at radius 3 is 2.41 bits per heavy atom. The maximum Gasteiger partial charge on any atom is 0.214 e. The van der Waals surface area contributed by atoms with E-state index in [2.05, 4.69) is 20.7 Å². The van der Waals surface area contributed by atoms with Crippen molar-refractivity contribution in [3.63, 3.8) is 0 Å². The number of nitrogens with one attached hydrogen (secondary N) is 1. The molecule has 0 atom stereocenters. The summed E-state index contributed by atoms with van der Waals surface area (Å²) in [7, 11) is -3.24. The molecule has 0 bridgehead atoms. The summed E-state index contributed by atoms with van der Waals surface area (Å²) < 4.78 is 32.0. The molecule has 0 aliphatic heterocycles. The van der Waals surface area contributed by atoms with Crippen LogP contribution in [0.15, 0.2) is 0 Å². The summed E-state index contributed by atoms with van der Waals surface area (Å²) in [5.41, 5.74) is -0.267. The fourth-order valence-corrected chi connectivity index (χ4v) is 4.33. The quantitative estimate of drug-likeness (QED) is 0.728. The fourth-order valence-electron chi connectivity index (χ4n) is 2.09. The summed E-state index contributed by atoms with van der Waals surface area (Å²) in [6.07, 6.45) is 4.10. The van der Waals surface area contributed by atoms with E-state index in [0.717, 1.165) is 25.7 Å². The molecule has 0 aromatic heterocycles. The van der Waals surface area contributed by atoms with Crippen LogP contribution < -0.4 is 4.72 Å². The zero-order valence-electron chi connectivity index (χ0n) is 10.5. The van der Waals surface area contributed by atoms with Crippen molar-refractivity contribution in [2.75, 3.05) is 17.7 Å². The van der Waals surface area contributed by atoms with E-state index >= 15 is 0 Å². The highest BCUT2D eigenvalue weighted by atomic mass is 79.9. The normalized spacial score (nSPS) is 20.0. The van der Waals surface area contributed by atoms with Crippen molar-refractivity contribution in [3.8, 4) is 0 Å². The molecule has 0 heterocycles. The second-order valence-corrected chi connectivity index (χ2v) is 7.36. The number of alkyl halides is 1. The van der Waals surface area contributed by atoms with Crippen LogP contribution in [0.5, 0.6) is 0 Å². The second kappa shape index (κ2) is 6.50. The largest absolute Gasteiger partial charge is 0.378 e. The Kier molecular flexibility index (Phi) is 5.89. The lowest BCUT2D eigenvalue weighted by atomic mass is 10.0. The average molecular weight is 328 g/mol. The highest BCUT2D eigenvalue weighted by Gasteiger charge is 2.36. The Morgan fingerprint density at radius 2 is 1.94 bits per heavy atom. The van der Waals surface area contributed by atoms with E-state index in [1.165, 1.54) is 0 Å². The highest BCUT2D eigenvalue weighted by molar-refractivity contribution is 9.09. The van der Waals surface area contributed by atoms with Crippen molar-refractivity contribution in [1.29, 1.82) is 0 Å². The summed E-state index contributed by atoms with van der Waals surface area (Å²) in [5, 5.41) is 0.685. The third-order valence-electron chi connectivity index (χ3n) is 2.99. The van der Waals surface area contributed by atoms with Gasteiger partial charge in [0.1, 0.15) is 0 Å². The maximum absolute atomic E-state index is 11.9. The van der Waals surface area contributed by atoms with Gasteiger partial charge in [-0.15, -0.1) is 0 Å². The molecular formula is C11H22BrNO3S. The molecule has 4 nitrogen and oxygen atoms in total. The zero-order valence-corrected chi connectivity index (χ0v) is 12.9. The Balaban J connectivity index is 2.47. The topological polar surface area (TPSA) is 55.4 Å². The first-order chi connectivity index (χ1) is 7.89. The number of hydrogen-bond acceptors (Lipinski definition) is 3. The molecule has 1 fully saturated rings. The molecule has 0 aromatic rings. The van der Waals surface area contributed by atoms with Crippen LogP contribution in [0.4, 0.5) is 0 Å². The van der Waals surface area contributed by atoms with Gasteiger partial charge in [-0.2, -0.15) is 0 Å². The van der Waals surface area contributed by atoms with E-state index in [4.69, 9.17) is 4.74 Å². The van der Waals surface area contributed by atoms with Gasteiger partial charge >= 0.3 is 0 Å². The number of rotatable bonds is 7. The molecule has 0 amide bonds. The SMILES string of the molecule is CC(C)OCCS(=O)(=O)NC1(CBr)CCCC1. The summed E-state index contributed by atoms with van der Waals surface area (Å²) in [4.78, 5) is 0. The van der Waals surface area contributed by atoms with Crippen molar-refractivity contribution >= 4 is 26.0 Å². The van der Waals surface area contributed by atoms with Crippen LogP contribution in [-0.2, 0) is 14.8 Å². The van der Waals surface area contributed by atoms with Crippen molar-refractivity contribution in [2.24, 2.45) is 0 Å². The summed E-state index contributed by atoms with van der Waals surface area (Å²) >= 11 is 3.42. The van der Waals surface area contributed by atoms with Crippen molar-refractivity contribution in [3.05, 3.63) is 0 Å². The fraction of sp³-hybridized carbons (Fsp3) is 1.00. The van der Waals surface area contributed by atoms with Crippen LogP contribution >= 0.6 is 15.9 Å². The molecule has 0 saturated heterocycles. The minimum absolute atomic E-state index is 0.0416. The van der Waals surface area contributed by atoms with E-state index in [1.807, 2.05) is 13.8 Å². The van der Waals surface area contributed by atoms with Gasteiger partial charge in [0.05, 0.1) is 18.5 Å². The first-order valence-electron chi connectivity index (χ1n) is 6.08. The van der Waals surface area contributed by atoms with Gasteiger partial charge in [0.15, 0.2) is 0 Å². The number of halogens is 1. The van der Waals surface area contributed by atoms with Gasteiger partial charge in [-0.3, -0.25) is 0 Å². The Morgan fingerprint density at radius 1 is 1.35 bits per heavy atom. The smallest absolute Gasteiger partial charge is 0.214 e. The Labute approximate surface area is 113 Å². The molecule has 1 rings (SSSR count). The molecule has 0 unspecified atom stereocenters. The minimum Gasteiger partial charge on any atom is -0.378 e. The van der Waals surface area contributed by atoms with Gasteiger partial charge in [0.25, 0.3) is 0 Å². The average Bonchev–Trinajstić information content (AvgIpc) is 2.65. The van der Waals surface area contributed by atoms with Gasteiger partial charge in [0.2, 0.25) is 10.0 Å². The number of sulfonamides is 1. The predicted octanol–water partition coefficient (Wildman–Crippen LogP) is 2.04. The lowest BCUT2D eigenvalue weighted by Crippen LogP contribution is -2.48.